The van der Waals surface area contributed by atoms with Crippen molar-refractivity contribution in [2.24, 2.45) is 5.73 Å². The molecule has 2 aromatic rings. The molecule has 1 aliphatic rings. The van der Waals surface area contributed by atoms with Crippen molar-refractivity contribution in [3.8, 4) is 5.75 Å². The molecule has 1 fully saturated rings. The van der Waals surface area contributed by atoms with Crippen molar-refractivity contribution < 1.29 is 23.4 Å². The van der Waals surface area contributed by atoms with Crippen molar-refractivity contribution in [2.45, 2.75) is 31.1 Å². The molecule has 0 unspecified atom stereocenters. The zero-order valence-corrected chi connectivity index (χ0v) is 15.8. The standard InChI is InChI=1S/C19H19Cl2F2NO3/c20-13-2-1-10(7-14(13)21)17(24)18(25)11-8-15(22)19(16(23)9-11)27-12-3-5-26-6-4-12/h1-2,7-9,12,17-18,25H,3-6,24H2/t17-,18+/m1/s1. The van der Waals surface area contributed by atoms with E-state index in [-0.39, 0.29) is 16.7 Å². The highest BCUT2D eigenvalue weighted by Crippen LogP contribution is 2.34. The molecule has 0 radical (unpaired) electrons. The lowest BCUT2D eigenvalue weighted by molar-refractivity contribution is 0.0222. The van der Waals surface area contributed by atoms with E-state index in [2.05, 4.69) is 0 Å². The highest BCUT2D eigenvalue weighted by molar-refractivity contribution is 6.42. The van der Waals surface area contributed by atoms with Crippen molar-refractivity contribution in [2.75, 3.05) is 13.2 Å². The Labute approximate surface area is 165 Å². The summed E-state index contributed by atoms with van der Waals surface area (Å²) in [6.45, 7) is 0.979. The Balaban J connectivity index is 1.80. The molecule has 0 aromatic heterocycles. The van der Waals surface area contributed by atoms with Gasteiger partial charge in [0.1, 0.15) is 6.10 Å². The van der Waals surface area contributed by atoms with Crippen LogP contribution in [0.3, 0.4) is 0 Å². The minimum atomic E-state index is -1.34. The summed E-state index contributed by atoms with van der Waals surface area (Å²) in [6.07, 6.45) is -0.531. The van der Waals surface area contributed by atoms with E-state index in [4.69, 9.17) is 38.4 Å². The van der Waals surface area contributed by atoms with Gasteiger partial charge in [0.15, 0.2) is 17.4 Å². The van der Waals surface area contributed by atoms with Crippen LogP contribution in [-0.2, 0) is 4.74 Å². The van der Waals surface area contributed by atoms with E-state index in [1.807, 2.05) is 0 Å². The summed E-state index contributed by atoms with van der Waals surface area (Å²) < 4.78 is 39.5. The molecular weight excluding hydrogens is 399 g/mol. The van der Waals surface area contributed by atoms with E-state index in [0.717, 1.165) is 12.1 Å². The van der Waals surface area contributed by atoms with Crippen LogP contribution in [0.25, 0.3) is 0 Å². The number of nitrogens with two attached hydrogens (primary N) is 1. The van der Waals surface area contributed by atoms with Crippen LogP contribution in [0.15, 0.2) is 30.3 Å². The van der Waals surface area contributed by atoms with Gasteiger partial charge in [0.2, 0.25) is 0 Å². The molecule has 8 heteroatoms. The maximum Gasteiger partial charge on any atom is 0.191 e. The Bertz CT molecular complexity index is 793. The molecule has 27 heavy (non-hydrogen) atoms. The van der Waals surface area contributed by atoms with E-state index < -0.39 is 29.5 Å². The molecule has 0 aliphatic carbocycles. The number of ether oxygens (including phenoxy) is 2. The predicted molar refractivity (Wildman–Crippen MR) is 99.2 cm³/mol. The molecule has 0 bridgehead atoms. The fraction of sp³-hybridized carbons (Fsp3) is 0.368. The lowest BCUT2D eigenvalue weighted by atomic mass is 9.96. The molecule has 3 N–H and O–H groups in total. The smallest absolute Gasteiger partial charge is 0.191 e. The number of hydrogen-bond acceptors (Lipinski definition) is 4. The second-order valence-electron chi connectivity index (χ2n) is 6.39. The van der Waals surface area contributed by atoms with Crippen LogP contribution in [0.5, 0.6) is 5.75 Å². The van der Waals surface area contributed by atoms with Crippen molar-refractivity contribution in [3.63, 3.8) is 0 Å². The minimum absolute atomic E-state index is 0.00269. The number of benzene rings is 2. The first-order valence-electron chi connectivity index (χ1n) is 8.48. The summed E-state index contributed by atoms with van der Waals surface area (Å²) in [6, 6.07) is 5.75. The summed E-state index contributed by atoms with van der Waals surface area (Å²) in [5.41, 5.74) is 6.52. The average Bonchev–Trinajstić information content (AvgIpc) is 2.66. The van der Waals surface area contributed by atoms with Crippen molar-refractivity contribution >= 4 is 23.2 Å². The summed E-state index contributed by atoms with van der Waals surface area (Å²) in [7, 11) is 0. The minimum Gasteiger partial charge on any atom is -0.484 e. The fourth-order valence-corrected chi connectivity index (χ4v) is 3.24. The molecule has 1 aliphatic heterocycles. The second kappa shape index (κ2) is 8.71. The molecule has 2 atom stereocenters. The lowest BCUT2D eigenvalue weighted by Gasteiger charge is -2.25. The van der Waals surface area contributed by atoms with Gasteiger partial charge in [0.25, 0.3) is 0 Å². The van der Waals surface area contributed by atoms with Gasteiger partial charge in [-0.05, 0) is 35.4 Å². The molecule has 1 saturated heterocycles. The van der Waals surface area contributed by atoms with Crippen LogP contribution in [-0.4, -0.2) is 24.4 Å². The van der Waals surface area contributed by atoms with Crippen LogP contribution in [0.1, 0.15) is 36.1 Å². The second-order valence-corrected chi connectivity index (χ2v) is 7.20. The molecule has 0 saturated carbocycles. The Hall–Kier alpha value is -1.44. The Kier molecular flexibility index (Phi) is 6.55. The lowest BCUT2D eigenvalue weighted by Crippen LogP contribution is -2.26. The molecule has 0 spiro atoms. The third kappa shape index (κ3) is 4.70. The van der Waals surface area contributed by atoms with Gasteiger partial charge in [0, 0.05) is 12.8 Å². The van der Waals surface area contributed by atoms with Crippen LogP contribution < -0.4 is 10.5 Å². The van der Waals surface area contributed by atoms with Crippen LogP contribution in [0.2, 0.25) is 10.0 Å². The van der Waals surface area contributed by atoms with Gasteiger partial charge in [-0.3, -0.25) is 0 Å². The number of aliphatic hydroxyl groups is 1. The zero-order valence-electron chi connectivity index (χ0n) is 14.3. The first kappa shape index (κ1) is 20.3. The molecular formula is C19H19Cl2F2NO3. The Morgan fingerprint density at radius 1 is 1.04 bits per heavy atom. The summed E-state index contributed by atoms with van der Waals surface area (Å²) in [5.74, 6) is -2.24. The predicted octanol–water partition coefficient (Wildman–Crippen LogP) is 4.56. The average molecular weight is 418 g/mol. The monoisotopic (exact) mass is 417 g/mol. The number of hydrogen-bond donors (Lipinski definition) is 2. The molecule has 2 aromatic carbocycles. The van der Waals surface area contributed by atoms with Crippen LogP contribution >= 0.6 is 23.2 Å². The first-order chi connectivity index (χ1) is 12.9. The van der Waals surface area contributed by atoms with E-state index in [1.165, 1.54) is 12.1 Å². The van der Waals surface area contributed by atoms with E-state index in [1.54, 1.807) is 6.07 Å². The molecule has 146 valence electrons. The normalized spacial score (nSPS) is 17.6. The van der Waals surface area contributed by atoms with Gasteiger partial charge >= 0.3 is 0 Å². The van der Waals surface area contributed by atoms with Gasteiger partial charge in [-0.1, -0.05) is 29.3 Å². The third-order valence-electron chi connectivity index (χ3n) is 4.48. The van der Waals surface area contributed by atoms with Crippen LogP contribution in [0, 0.1) is 11.6 Å². The summed E-state index contributed by atoms with van der Waals surface area (Å²) in [5, 5.41) is 11.1. The zero-order chi connectivity index (χ0) is 19.6. The van der Waals surface area contributed by atoms with E-state index in [0.29, 0.717) is 36.6 Å². The van der Waals surface area contributed by atoms with Gasteiger partial charge in [-0.2, -0.15) is 0 Å². The van der Waals surface area contributed by atoms with Gasteiger partial charge in [0.05, 0.1) is 35.4 Å². The maximum absolute atomic E-state index is 14.4. The van der Waals surface area contributed by atoms with Crippen molar-refractivity contribution in [1.29, 1.82) is 0 Å². The Morgan fingerprint density at radius 2 is 1.67 bits per heavy atom. The maximum atomic E-state index is 14.4. The largest absolute Gasteiger partial charge is 0.484 e. The first-order valence-corrected chi connectivity index (χ1v) is 9.24. The highest BCUT2D eigenvalue weighted by atomic mass is 35.5. The summed E-state index contributed by atoms with van der Waals surface area (Å²) >= 11 is 11.8. The quantitative estimate of drug-likeness (QED) is 0.747. The van der Waals surface area contributed by atoms with Gasteiger partial charge in [-0.15, -0.1) is 0 Å². The van der Waals surface area contributed by atoms with E-state index in [9.17, 15) is 13.9 Å². The highest BCUT2D eigenvalue weighted by Gasteiger charge is 2.25. The van der Waals surface area contributed by atoms with Crippen LogP contribution in [0.4, 0.5) is 8.78 Å². The van der Waals surface area contributed by atoms with Crippen molar-refractivity contribution in [3.05, 3.63) is 63.1 Å². The number of rotatable bonds is 5. The Morgan fingerprint density at radius 3 is 2.26 bits per heavy atom. The molecule has 1 heterocycles. The number of halogens is 4. The molecule has 0 amide bonds. The topological polar surface area (TPSA) is 64.7 Å². The molecule has 4 nitrogen and oxygen atoms in total. The van der Waals surface area contributed by atoms with Crippen molar-refractivity contribution in [1.82, 2.24) is 0 Å². The summed E-state index contributed by atoms with van der Waals surface area (Å²) in [4.78, 5) is 0. The third-order valence-corrected chi connectivity index (χ3v) is 5.22. The molecule has 3 rings (SSSR count). The van der Waals surface area contributed by atoms with Gasteiger partial charge < -0.3 is 20.3 Å². The SMILES string of the molecule is N[C@H](c1ccc(Cl)c(Cl)c1)[C@@H](O)c1cc(F)c(OC2CCOCC2)c(F)c1. The number of aliphatic hydroxyl groups excluding tert-OH is 1. The van der Waals surface area contributed by atoms with E-state index >= 15 is 0 Å². The fourth-order valence-electron chi connectivity index (χ4n) is 2.93. The van der Waals surface area contributed by atoms with Gasteiger partial charge in [-0.25, -0.2) is 8.78 Å².